The standard InChI is InChI=1S/C15H21BrN2O/c1-17-13-8-6-11(7-9-13)15(19)18-10-12-4-2-3-5-14(12)16/h2-5,11,13,17H,6-10H2,1H3,(H,18,19). The van der Waals surface area contributed by atoms with Crippen LogP contribution in [-0.4, -0.2) is 19.0 Å². The summed E-state index contributed by atoms with van der Waals surface area (Å²) in [5.74, 6) is 0.386. The number of nitrogens with one attached hydrogen (secondary N) is 2. The summed E-state index contributed by atoms with van der Waals surface area (Å²) in [4.78, 5) is 12.1. The van der Waals surface area contributed by atoms with Gasteiger partial charge in [-0.05, 0) is 44.4 Å². The van der Waals surface area contributed by atoms with Crippen LogP contribution in [0.25, 0.3) is 0 Å². The van der Waals surface area contributed by atoms with E-state index >= 15 is 0 Å². The van der Waals surface area contributed by atoms with Crippen molar-refractivity contribution in [3.05, 3.63) is 34.3 Å². The molecule has 1 fully saturated rings. The molecule has 1 amide bonds. The molecule has 0 atom stereocenters. The number of rotatable bonds is 4. The number of halogens is 1. The van der Waals surface area contributed by atoms with Gasteiger partial charge in [-0.15, -0.1) is 0 Å². The van der Waals surface area contributed by atoms with Gasteiger partial charge in [0.1, 0.15) is 0 Å². The predicted octanol–water partition coefficient (Wildman–Crippen LogP) is 2.84. The SMILES string of the molecule is CNC1CCC(C(=O)NCc2ccccc2Br)CC1. The van der Waals surface area contributed by atoms with E-state index < -0.39 is 0 Å². The molecule has 1 saturated carbocycles. The molecule has 0 bridgehead atoms. The van der Waals surface area contributed by atoms with Gasteiger partial charge in [-0.3, -0.25) is 4.79 Å². The number of amides is 1. The van der Waals surface area contributed by atoms with Crippen molar-refractivity contribution in [1.82, 2.24) is 10.6 Å². The molecule has 1 aromatic rings. The van der Waals surface area contributed by atoms with Crippen LogP contribution in [0, 0.1) is 5.92 Å². The van der Waals surface area contributed by atoms with Crippen LogP contribution in [-0.2, 0) is 11.3 Å². The summed E-state index contributed by atoms with van der Waals surface area (Å²) in [6.45, 7) is 0.603. The summed E-state index contributed by atoms with van der Waals surface area (Å²) in [7, 11) is 2.00. The molecular formula is C15H21BrN2O. The molecule has 0 aliphatic heterocycles. The molecule has 2 N–H and O–H groups in total. The van der Waals surface area contributed by atoms with E-state index in [1.807, 2.05) is 31.3 Å². The lowest BCUT2D eigenvalue weighted by atomic mass is 9.85. The van der Waals surface area contributed by atoms with Gasteiger partial charge in [-0.25, -0.2) is 0 Å². The molecule has 0 spiro atoms. The van der Waals surface area contributed by atoms with Crippen molar-refractivity contribution in [3.8, 4) is 0 Å². The fraction of sp³-hybridized carbons (Fsp3) is 0.533. The second-order valence-corrected chi connectivity index (χ2v) is 6.00. The molecule has 19 heavy (non-hydrogen) atoms. The van der Waals surface area contributed by atoms with Gasteiger partial charge < -0.3 is 10.6 Å². The highest BCUT2D eigenvalue weighted by molar-refractivity contribution is 9.10. The van der Waals surface area contributed by atoms with Crippen molar-refractivity contribution < 1.29 is 4.79 Å². The van der Waals surface area contributed by atoms with Crippen LogP contribution in [0.2, 0.25) is 0 Å². The van der Waals surface area contributed by atoms with E-state index in [9.17, 15) is 4.79 Å². The maximum Gasteiger partial charge on any atom is 0.223 e. The minimum atomic E-state index is 0.187. The Morgan fingerprint density at radius 3 is 2.58 bits per heavy atom. The zero-order valence-electron chi connectivity index (χ0n) is 11.3. The summed E-state index contributed by atoms with van der Waals surface area (Å²) < 4.78 is 1.05. The van der Waals surface area contributed by atoms with Crippen molar-refractivity contribution >= 4 is 21.8 Å². The van der Waals surface area contributed by atoms with Gasteiger partial charge in [0.25, 0.3) is 0 Å². The van der Waals surface area contributed by atoms with Crippen LogP contribution in [0.4, 0.5) is 0 Å². The molecule has 3 nitrogen and oxygen atoms in total. The lowest BCUT2D eigenvalue weighted by Gasteiger charge is -2.27. The fourth-order valence-electron chi connectivity index (χ4n) is 2.61. The lowest BCUT2D eigenvalue weighted by molar-refractivity contribution is -0.126. The first-order valence-corrected chi connectivity index (χ1v) is 7.68. The molecule has 0 aromatic heterocycles. The molecule has 0 unspecified atom stereocenters. The van der Waals surface area contributed by atoms with Crippen molar-refractivity contribution in [3.63, 3.8) is 0 Å². The quantitative estimate of drug-likeness (QED) is 0.894. The van der Waals surface area contributed by atoms with Crippen molar-refractivity contribution in [2.24, 2.45) is 5.92 Å². The molecule has 0 saturated heterocycles. The lowest BCUT2D eigenvalue weighted by Crippen LogP contribution is -2.37. The topological polar surface area (TPSA) is 41.1 Å². The number of carbonyl (C=O) groups excluding carboxylic acids is 1. The smallest absolute Gasteiger partial charge is 0.223 e. The maximum atomic E-state index is 12.1. The Hall–Kier alpha value is -0.870. The molecule has 104 valence electrons. The molecule has 1 aromatic carbocycles. The van der Waals surface area contributed by atoms with E-state index in [0.717, 1.165) is 35.7 Å². The first kappa shape index (κ1) is 14.5. The third-order valence-electron chi connectivity index (χ3n) is 3.92. The van der Waals surface area contributed by atoms with Gasteiger partial charge in [-0.1, -0.05) is 34.1 Å². The van der Waals surface area contributed by atoms with Gasteiger partial charge in [0, 0.05) is 23.0 Å². The van der Waals surface area contributed by atoms with Gasteiger partial charge in [0.2, 0.25) is 5.91 Å². The van der Waals surface area contributed by atoms with E-state index in [4.69, 9.17) is 0 Å². The number of carbonyl (C=O) groups is 1. The summed E-state index contributed by atoms with van der Waals surface area (Å²) in [5.41, 5.74) is 1.12. The summed E-state index contributed by atoms with van der Waals surface area (Å²) in [6, 6.07) is 8.59. The highest BCUT2D eigenvalue weighted by atomic mass is 79.9. The second kappa shape index (κ2) is 7.06. The number of hydrogen-bond acceptors (Lipinski definition) is 2. The fourth-order valence-corrected chi connectivity index (χ4v) is 3.04. The van der Waals surface area contributed by atoms with Gasteiger partial charge in [-0.2, -0.15) is 0 Å². The highest BCUT2D eigenvalue weighted by Crippen LogP contribution is 2.24. The van der Waals surface area contributed by atoms with Crippen molar-refractivity contribution in [1.29, 1.82) is 0 Å². The minimum Gasteiger partial charge on any atom is -0.352 e. The first-order chi connectivity index (χ1) is 9.20. The third kappa shape index (κ3) is 4.05. The van der Waals surface area contributed by atoms with Gasteiger partial charge >= 0.3 is 0 Å². The Balaban J connectivity index is 1.81. The largest absolute Gasteiger partial charge is 0.352 e. The summed E-state index contributed by atoms with van der Waals surface area (Å²) in [5, 5.41) is 6.34. The van der Waals surface area contributed by atoms with E-state index in [0.29, 0.717) is 12.6 Å². The maximum absolute atomic E-state index is 12.1. The van der Waals surface area contributed by atoms with E-state index in [1.54, 1.807) is 0 Å². The van der Waals surface area contributed by atoms with Gasteiger partial charge in [0.15, 0.2) is 0 Å². The Morgan fingerprint density at radius 1 is 1.26 bits per heavy atom. The van der Waals surface area contributed by atoms with Crippen LogP contribution >= 0.6 is 15.9 Å². The van der Waals surface area contributed by atoms with Gasteiger partial charge in [0.05, 0.1) is 0 Å². The molecular weight excluding hydrogens is 304 g/mol. The average molecular weight is 325 g/mol. The first-order valence-electron chi connectivity index (χ1n) is 6.89. The van der Waals surface area contributed by atoms with Crippen molar-refractivity contribution in [2.45, 2.75) is 38.3 Å². The third-order valence-corrected chi connectivity index (χ3v) is 4.69. The zero-order valence-corrected chi connectivity index (χ0v) is 12.9. The summed E-state index contributed by atoms with van der Waals surface area (Å²) in [6.07, 6.45) is 4.19. The molecule has 4 heteroatoms. The Bertz CT molecular complexity index is 428. The van der Waals surface area contributed by atoms with Crippen LogP contribution in [0.15, 0.2) is 28.7 Å². The Kier molecular flexibility index (Phi) is 5.40. The zero-order chi connectivity index (χ0) is 13.7. The van der Waals surface area contributed by atoms with Crippen LogP contribution in [0.3, 0.4) is 0 Å². The van der Waals surface area contributed by atoms with Crippen molar-refractivity contribution in [2.75, 3.05) is 7.05 Å². The monoisotopic (exact) mass is 324 g/mol. The van der Waals surface area contributed by atoms with Crippen LogP contribution in [0.5, 0.6) is 0 Å². The minimum absolute atomic E-state index is 0.187. The predicted molar refractivity (Wildman–Crippen MR) is 80.8 cm³/mol. The molecule has 2 rings (SSSR count). The number of hydrogen-bond donors (Lipinski definition) is 2. The van der Waals surface area contributed by atoms with E-state index in [1.165, 1.54) is 0 Å². The normalized spacial score (nSPS) is 23.1. The number of benzene rings is 1. The van der Waals surface area contributed by atoms with E-state index in [2.05, 4.69) is 26.6 Å². The molecule has 1 aliphatic carbocycles. The summed E-state index contributed by atoms with van der Waals surface area (Å²) >= 11 is 3.50. The molecule has 0 radical (unpaired) electrons. The van der Waals surface area contributed by atoms with E-state index in [-0.39, 0.29) is 11.8 Å². The van der Waals surface area contributed by atoms with Crippen LogP contribution < -0.4 is 10.6 Å². The molecule has 0 heterocycles. The second-order valence-electron chi connectivity index (χ2n) is 5.15. The Morgan fingerprint density at radius 2 is 1.95 bits per heavy atom. The Labute approximate surface area is 123 Å². The average Bonchev–Trinajstić information content (AvgIpc) is 2.46. The molecule has 1 aliphatic rings. The van der Waals surface area contributed by atoms with Crippen LogP contribution in [0.1, 0.15) is 31.2 Å². The highest BCUT2D eigenvalue weighted by Gasteiger charge is 2.25.